The molecule has 0 bridgehead atoms. The Morgan fingerprint density at radius 1 is 1.00 bits per heavy atom. The van der Waals surface area contributed by atoms with E-state index in [2.05, 4.69) is 69.2 Å². The Bertz CT molecular complexity index is 592. The monoisotopic (exact) mass is 618 g/mol. The van der Waals surface area contributed by atoms with Crippen LogP contribution in [0.15, 0.2) is 0 Å². The van der Waals surface area contributed by atoms with Gasteiger partial charge in [-0.2, -0.15) is 0 Å². The number of likely N-dealkylation sites (tertiary alicyclic amines) is 1. The number of alkyl halides is 2. The van der Waals surface area contributed by atoms with Crippen molar-refractivity contribution in [2.45, 2.75) is 66.9 Å². The van der Waals surface area contributed by atoms with Gasteiger partial charge in [0, 0.05) is 22.4 Å². The van der Waals surface area contributed by atoms with Crippen LogP contribution in [0.3, 0.4) is 0 Å². The van der Waals surface area contributed by atoms with Gasteiger partial charge in [0.1, 0.15) is 0 Å². The molecule has 2 saturated heterocycles. The van der Waals surface area contributed by atoms with E-state index in [0.29, 0.717) is 23.1 Å². The van der Waals surface area contributed by atoms with E-state index < -0.39 is 0 Å². The number of halogens is 2. The lowest BCUT2D eigenvalue weighted by Crippen LogP contribution is -2.52. The molecule has 1 N–H and O–H groups in total. The maximum absolute atomic E-state index is 12.8. The third kappa shape index (κ3) is 5.71. The van der Waals surface area contributed by atoms with Gasteiger partial charge in [-0.1, -0.05) is 66.0 Å². The molecule has 3 amide bonds. The van der Waals surface area contributed by atoms with Gasteiger partial charge in [-0.25, -0.2) is 5.01 Å². The Morgan fingerprint density at radius 3 is 2.25 bits per heavy atom. The van der Waals surface area contributed by atoms with Crippen LogP contribution in [0.25, 0.3) is 0 Å². The molecule has 0 saturated carbocycles. The van der Waals surface area contributed by atoms with Gasteiger partial charge in [0.15, 0.2) is 0 Å². The van der Waals surface area contributed by atoms with Crippen LogP contribution < -0.4 is 5.32 Å². The standard InChI is InChI=1S/C19H32I2N4O3/c1-5-12(3)19(28)25-11-15(21)10-24(25)17(26)8-22-18(27)16-7-14(20)9-23(16)13(4)6-2/h12-16H,5-11H2,1-4H3,(H,22,27). The van der Waals surface area contributed by atoms with Crippen molar-refractivity contribution in [3.63, 3.8) is 0 Å². The third-order valence-corrected chi connectivity index (χ3v) is 7.46. The van der Waals surface area contributed by atoms with E-state index in [0.717, 1.165) is 25.8 Å². The first-order chi connectivity index (χ1) is 13.2. The van der Waals surface area contributed by atoms with Gasteiger partial charge in [-0.05, 0) is 26.2 Å². The molecule has 28 heavy (non-hydrogen) atoms. The number of hydrogen-bond donors (Lipinski definition) is 1. The average molecular weight is 618 g/mol. The average Bonchev–Trinajstić information content (AvgIpc) is 3.26. The van der Waals surface area contributed by atoms with Gasteiger partial charge < -0.3 is 5.32 Å². The van der Waals surface area contributed by atoms with Crippen molar-refractivity contribution in [2.75, 3.05) is 26.2 Å². The van der Waals surface area contributed by atoms with Crippen LogP contribution in [0.1, 0.15) is 47.0 Å². The molecule has 0 radical (unpaired) electrons. The van der Waals surface area contributed by atoms with E-state index in [1.165, 1.54) is 5.01 Å². The van der Waals surface area contributed by atoms with Crippen LogP contribution in [-0.4, -0.2) is 78.8 Å². The fourth-order valence-electron chi connectivity index (χ4n) is 3.66. The number of carbonyl (C=O) groups excluding carboxylic acids is 3. The van der Waals surface area contributed by atoms with Crippen LogP contribution in [0.4, 0.5) is 0 Å². The lowest BCUT2D eigenvalue weighted by Gasteiger charge is -2.31. The molecule has 0 aromatic rings. The second kappa shape index (κ2) is 10.7. The van der Waals surface area contributed by atoms with Gasteiger partial charge in [0.2, 0.25) is 11.8 Å². The summed E-state index contributed by atoms with van der Waals surface area (Å²) < 4.78 is 0.654. The first kappa shape index (κ1) is 24.1. The van der Waals surface area contributed by atoms with E-state index in [1.54, 1.807) is 5.01 Å². The highest BCUT2D eigenvalue weighted by Gasteiger charge is 2.39. The predicted octanol–water partition coefficient (Wildman–Crippen LogP) is 2.21. The van der Waals surface area contributed by atoms with Crippen molar-refractivity contribution in [3.05, 3.63) is 0 Å². The summed E-state index contributed by atoms with van der Waals surface area (Å²) >= 11 is 4.67. The molecule has 7 nitrogen and oxygen atoms in total. The summed E-state index contributed by atoms with van der Waals surface area (Å²) in [6.45, 7) is 10.0. The lowest BCUT2D eigenvalue weighted by atomic mass is 10.1. The highest BCUT2D eigenvalue weighted by Crippen LogP contribution is 2.27. The van der Waals surface area contributed by atoms with Gasteiger partial charge in [0.05, 0.1) is 29.6 Å². The van der Waals surface area contributed by atoms with Crippen LogP contribution in [0.2, 0.25) is 0 Å². The molecule has 0 aromatic carbocycles. The van der Waals surface area contributed by atoms with Gasteiger partial charge in [-0.15, -0.1) is 0 Å². The molecule has 0 spiro atoms. The second-order valence-electron chi connectivity index (χ2n) is 7.82. The lowest BCUT2D eigenvalue weighted by molar-refractivity contribution is -0.160. The van der Waals surface area contributed by atoms with Crippen LogP contribution in [0.5, 0.6) is 0 Å². The minimum Gasteiger partial charge on any atom is -0.346 e. The Labute approximate surface area is 195 Å². The summed E-state index contributed by atoms with van der Waals surface area (Å²) in [5.41, 5.74) is 0. The van der Waals surface area contributed by atoms with E-state index in [-0.39, 0.29) is 40.2 Å². The predicted molar refractivity (Wildman–Crippen MR) is 126 cm³/mol. The molecule has 0 aromatic heterocycles. The molecule has 5 atom stereocenters. The second-order valence-corrected chi connectivity index (χ2v) is 11.3. The quantitative estimate of drug-likeness (QED) is 0.351. The smallest absolute Gasteiger partial charge is 0.260 e. The normalized spacial score (nSPS) is 27.7. The summed E-state index contributed by atoms with van der Waals surface area (Å²) in [6, 6.07) is 0.159. The molecule has 9 heteroatoms. The molecule has 5 unspecified atom stereocenters. The molecular weight excluding hydrogens is 586 g/mol. The third-order valence-electron chi connectivity index (χ3n) is 5.77. The van der Waals surface area contributed by atoms with E-state index in [4.69, 9.17) is 0 Å². The van der Waals surface area contributed by atoms with Crippen molar-refractivity contribution in [1.82, 2.24) is 20.2 Å². The van der Waals surface area contributed by atoms with E-state index >= 15 is 0 Å². The summed E-state index contributed by atoms with van der Waals surface area (Å²) in [7, 11) is 0. The number of nitrogens with one attached hydrogen (secondary N) is 1. The topological polar surface area (TPSA) is 73.0 Å². The van der Waals surface area contributed by atoms with Crippen molar-refractivity contribution < 1.29 is 14.4 Å². The van der Waals surface area contributed by atoms with Crippen molar-refractivity contribution in [2.24, 2.45) is 5.92 Å². The molecule has 2 aliphatic rings. The molecule has 160 valence electrons. The number of rotatable bonds is 7. The summed E-state index contributed by atoms with van der Waals surface area (Å²) in [6.07, 6.45) is 2.54. The number of hydrogen-bond acceptors (Lipinski definition) is 4. The molecular formula is C19H32I2N4O3. The maximum Gasteiger partial charge on any atom is 0.260 e. The molecule has 2 rings (SSSR count). The number of carbonyl (C=O) groups is 3. The maximum atomic E-state index is 12.8. The fraction of sp³-hybridized carbons (Fsp3) is 0.842. The summed E-state index contributed by atoms with van der Waals surface area (Å²) in [4.78, 5) is 40.4. The Hall–Kier alpha value is -0.170. The zero-order valence-electron chi connectivity index (χ0n) is 17.2. The first-order valence-electron chi connectivity index (χ1n) is 10.1. The van der Waals surface area contributed by atoms with Crippen molar-refractivity contribution >= 4 is 62.9 Å². The highest BCUT2D eigenvalue weighted by molar-refractivity contribution is 14.1. The summed E-state index contributed by atoms with van der Waals surface area (Å²) in [5, 5.41) is 5.93. The zero-order chi connectivity index (χ0) is 21.0. The van der Waals surface area contributed by atoms with Gasteiger partial charge in [0.25, 0.3) is 5.91 Å². The van der Waals surface area contributed by atoms with Crippen molar-refractivity contribution in [3.8, 4) is 0 Å². The number of hydrazine groups is 1. The largest absolute Gasteiger partial charge is 0.346 e. The Kier molecular flexibility index (Phi) is 9.24. The van der Waals surface area contributed by atoms with E-state index in [1.807, 2.05) is 13.8 Å². The fourth-order valence-corrected chi connectivity index (χ4v) is 5.35. The minimum atomic E-state index is -0.219. The first-order valence-corrected chi connectivity index (χ1v) is 12.6. The molecule has 2 fully saturated rings. The Morgan fingerprint density at radius 2 is 1.64 bits per heavy atom. The summed E-state index contributed by atoms with van der Waals surface area (Å²) in [5.74, 6) is -0.441. The molecule has 2 aliphatic heterocycles. The Balaban J connectivity index is 1.96. The van der Waals surface area contributed by atoms with E-state index in [9.17, 15) is 14.4 Å². The van der Waals surface area contributed by atoms with Crippen LogP contribution in [-0.2, 0) is 14.4 Å². The van der Waals surface area contributed by atoms with Crippen LogP contribution >= 0.6 is 45.2 Å². The van der Waals surface area contributed by atoms with Crippen molar-refractivity contribution in [1.29, 1.82) is 0 Å². The van der Waals surface area contributed by atoms with Gasteiger partial charge in [-0.3, -0.25) is 24.3 Å². The highest BCUT2D eigenvalue weighted by atomic mass is 127. The minimum absolute atomic E-state index is 0.0205. The molecule has 0 aliphatic carbocycles. The number of nitrogens with zero attached hydrogens (tertiary/aromatic N) is 3. The van der Waals surface area contributed by atoms with Gasteiger partial charge >= 0.3 is 0 Å². The van der Waals surface area contributed by atoms with Crippen LogP contribution in [0, 0.1) is 5.92 Å². The SMILES string of the molecule is CCC(C)C(=O)N1CC(I)CN1C(=O)CNC(=O)C1CC(I)CN1C(C)CC. The molecule has 2 heterocycles. The zero-order valence-corrected chi connectivity index (χ0v) is 21.5. The number of amides is 3.